The van der Waals surface area contributed by atoms with E-state index in [0.717, 1.165) is 42.9 Å². The molecule has 3 heterocycles. The molecule has 0 spiro atoms. The molecule has 2 aromatic heterocycles. The second-order valence-corrected chi connectivity index (χ2v) is 3.91. The third-order valence-corrected chi connectivity index (χ3v) is 2.92. The minimum absolute atomic E-state index is 0.542. The second kappa shape index (κ2) is 3.58. The molecule has 0 saturated carbocycles. The number of piperidine rings is 1. The van der Waals surface area contributed by atoms with Crippen molar-refractivity contribution in [3.05, 3.63) is 18.1 Å². The molecule has 5 nitrogen and oxygen atoms in total. The Balaban J connectivity index is 1.96. The van der Waals surface area contributed by atoms with Gasteiger partial charge in [0.05, 0.1) is 11.7 Å². The Kier molecular flexibility index (Phi) is 2.10. The van der Waals surface area contributed by atoms with Crippen molar-refractivity contribution in [2.45, 2.75) is 18.8 Å². The third kappa shape index (κ3) is 1.59. The predicted molar refractivity (Wildman–Crippen MR) is 56.5 cm³/mol. The SMILES string of the molecule is c1cc2[nH]c(C3CCNCC3)nc2nn1. The summed E-state index contributed by atoms with van der Waals surface area (Å²) >= 11 is 0. The molecule has 78 valence electrons. The summed E-state index contributed by atoms with van der Waals surface area (Å²) in [5.74, 6) is 1.60. The average Bonchev–Trinajstić information content (AvgIpc) is 2.74. The Bertz CT molecular complexity index is 425. The Labute approximate surface area is 87.3 Å². The fourth-order valence-corrected chi connectivity index (χ4v) is 2.07. The van der Waals surface area contributed by atoms with Crippen molar-refractivity contribution in [2.75, 3.05) is 13.1 Å². The number of rotatable bonds is 1. The first-order valence-electron chi connectivity index (χ1n) is 5.31. The van der Waals surface area contributed by atoms with Gasteiger partial charge in [-0.2, -0.15) is 5.10 Å². The summed E-state index contributed by atoms with van der Waals surface area (Å²) < 4.78 is 0. The van der Waals surface area contributed by atoms with Gasteiger partial charge in [-0.1, -0.05) is 0 Å². The Morgan fingerprint density at radius 1 is 1.27 bits per heavy atom. The van der Waals surface area contributed by atoms with E-state index < -0.39 is 0 Å². The number of nitrogens with one attached hydrogen (secondary N) is 2. The van der Waals surface area contributed by atoms with Crippen LogP contribution in [0.15, 0.2) is 12.3 Å². The summed E-state index contributed by atoms with van der Waals surface area (Å²) in [5, 5.41) is 11.2. The van der Waals surface area contributed by atoms with Gasteiger partial charge >= 0.3 is 0 Å². The number of fused-ring (bicyclic) bond motifs is 1. The summed E-state index contributed by atoms with van der Waals surface area (Å²) in [7, 11) is 0. The standard InChI is InChI=1S/C10H13N5/c1-4-11-5-2-7(1)9-13-8-3-6-12-15-10(8)14-9/h3,6-7,11H,1-2,4-5H2,(H,13,14,15). The predicted octanol–water partition coefficient (Wildman–Crippen LogP) is 0.820. The van der Waals surface area contributed by atoms with Crippen LogP contribution < -0.4 is 5.32 Å². The molecule has 0 aliphatic carbocycles. The van der Waals surface area contributed by atoms with E-state index in [1.165, 1.54) is 0 Å². The van der Waals surface area contributed by atoms with Crippen molar-refractivity contribution < 1.29 is 0 Å². The highest BCUT2D eigenvalue weighted by molar-refractivity contribution is 5.69. The van der Waals surface area contributed by atoms with E-state index in [2.05, 4.69) is 25.5 Å². The first kappa shape index (κ1) is 8.79. The minimum Gasteiger partial charge on any atom is -0.340 e. The van der Waals surface area contributed by atoms with E-state index in [9.17, 15) is 0 Å². The van der Waals surface area contributed by atoms with E-state index in [4.69, 9.17) is 0 Å². The van der Waals surface area contributed by atoms with E-state index in [0.29, 0.717) is 5.92 Å². The molecule has 5 heteroatoms. The number of aromatic amines is 1. The molecule has 1 aliphatic heterocycles. The molecule has 0 atom stereocenters. The van der Waals surface area contributed by atoms with Gasteiger partial charge in [-0.3, -0.25) is 0 Å². The minimum atomic E-state index is 0.542. The molecule has 1 fully saturated rings. The maximum Gasteiger partial charge on any atom is 0.199 e. The summed E-state index contributed by atoms with van der Waals surface area (Å²) in [5.41, 5.74) is 1.71. The number of hydrogen-bond acceptors (Lipinski definition) is 4. The lowest BCUT2D eigenvalue weighted by Crippen LogP contribution is -2.27. The van der Waals surface area contributed by atoms with Crippen LogP contribution in [0.1, 0.15) is 24.6 Å². The molecule has 2 N–H and O–H groups in total. The van der Waals surface area contributed by atoms with Gasteiger partial charge in [-0.15, -0.1) is 5.10 Å². The third-order valence-electron chi connectivity index (χ3n) is 2.92. The molecule has 1 aliphatic rings. The van der Waals surface area contributed by atoms with Crippen LogP contribution in [0.25, 0.3) is 11.2 Å². The monoisotopic (exact) mass is 203 g/mol. The summed E-state index contributed by atoms with van der Waals surface area (Å²) in [6.07, 6.45) is 3.98. The van der Waals surface area contributed by atoms with Crippen molar-refractivity contribution in [1.82, 2.24) is 25.5 Å². The molecule has 0 aromatic carbocycles. The second-order valence-electron chi connectivity index (χ2n) is 3.91. The normalized spacial score (nSPS) is 18.4. The maximum atomic E-state index is 4.48. The van der Waals surface area contributed by atoms with E-state index in [1.807, 2.05) is 6.07 Å². The smallest absolute Gasteiger partial charge is 0.199 e. The molecule has 3 rings (SSSR count). The summed E-state index contributed by atoms with van der Waals surface area (Å²) in [4.78, 5) is 7.80. The first-order chi connectivity index (χ1) is 7.43. The molecular formula is C10H13N5. The van der Waals surface area contributed by atoms with Crippen LogP contribution in [0.5, 0.6) is 0 Å². The van der Waals surface area contributed by atoms with Gasteiger partial charge < -0.3 is 10.3 Å². The highest BCUT2D eigenvalue weighted by Crippen LogP contribution is 2.23. The van der Waals surface area contributed by atoms with Crippen LogP contribution in [0, 0.1) is 0 Å². The number of aromatic nitrogens is 4. The molecule has 15 heavy (non-hydrogen) atoms. The molecule has 1 saturated heterocycles. The summed E-state index contributed by atoms with van der Waals surface area (Å²) in [6.45, 7) is 2.15. The average molecular weight is 203 g/mol. The van der Waals surface area contributed by atoms with Crippen LogP contribution in [0.3, 0.4) is 0 Å². The van der Waals surface area contributed by atoms with Crippen molar-refractivity contribution in [3.63, 3.8) is 0 Å². The largest absolute Gasteiger partial charge is 0.340 e. The fraction of sp³-hybridized carbons (Fsp3) is 0.500. The van der Waals surface area contributed by atoms with E-state index >= 15 is 0 Å². The Morgan fingerprint density at radius 2 is 2.13 bits per heavy atom. The number of hydrogen-bond donors (Lipinski definition) is 2. The van der Waals surface area contributed by atoms with Gasteiger partial charge in [-0.05, 0) is 32.0 Å². The van der Waals surface area contributed by atoms with Crippen LogP contribution in [-0.4, -0.2) is 33.3 Å². The molecule has 2 aromatic rings. The molecule has 0 bridgehead atoms. The first-order valence-corrected chi connectivity index (χ1v) is 5.31. The van der Waals surface area contributed by atoms with Gasteiger partial charge in [-0.25, -0.2) is 4.98 Å². The topological polar surface area (TPSA) is 66.5 Å². The van der Waals surface area contributed by atoms with Crippen LogP contribution in [-0.2, 0) is 0 Å². The quantitative estimate of drug-likeness (QED) is 0.720. The number of H-pyrrole nitrogens is 1. The zero-order valence-corrected chi connectivity index (χ0v) is 8.40. The lowest BCUT2D eigenvalue weighted by Gasteiger charge is -2.20. The Hall–Kier alpha value is -1.49. The van der Waals surface area contributed by atoms with Crippen molar-refractivity contribution in [2.24, 2.45) is 0 Å². The van der Waals surface area contributed by atoms with Crippen LogP contribution >= 0.6 is 0 Å². The lowest BCUT2D eigenvalue weighted by atomic mass is 9.98. The van der Waals surface area contributed by atoms with Gasteiger partial charge in [0.2, 0.25) is 0 Å². The maximum absolute atomic E-state index is 4.48. The van der Waals surface area contributed by atoms with Crippen molar-refractivity contribution in [1.29, 1.82) is 0 Å². The highest BCUT2D eigenvalue weighted by atomic mass is 15.1. The zero-order valence-electron chi connectivity index (χ0n) is 8.40. The summed E-state index contributed by atoms with van der Waals surface area (Å²) in [6, 6.07) is 1.92. The number of nitrogens with zero attached hydrogens (tertiary/aromatic N) is 3. The van der Waals surface area contributed by atoms with Crippen molar-refractivity contribution in [3.8, 4) is 0 Å². The Morgan fingerprint density at radius 3 is 2.93 bits per heavy atom. The van der Waals surface area contributed by atoms with Gasteiger partial charge in [0.15, 0.2) is 5.65 Å². The van der Waals surface area contributed by atoms with Gasteiger partial charge in [0.1, 0.15) is 5.82 Å². The molecular weight excluding hydrogens is 190 g/mol. The van der Waals surface area contributed by atoms with Gasteiger partial charge in [0.25, 0.3) is 0 Å². The zero-order chi connectivity index (χ0) is 10.1. The van der Waals surface area contributed by atoms with E-state index in [-0.39, 0.29) is 0 Å². The van der Waals surface area contributed by atoms with Crippen LogP contribution in [0.2, 0.25) is 0 Å². The number of imidazole rings is 1. The molecule has 0 radical (unpaired) electrons. The molecule has 0 amide bonds. The van der Waals surface area contributed by atoms with E-state index in [1.54, 1.807) is 6.20 Å². The molecule has 0 unspecified atom stereocenters. The fourth-order valence-electron chi connectivity index (χ4n) is 2.07. The van der Waals surface area contributed by atoms with Gasteiger partial charge in [0, 0.05) is 5.92 Å². The van der Waals surface area contributed by atoms with Crippen LogP contribution in [0.4, 0.5) is 0 Å². The lowest BCUT2D eigenvalue weighted by molar-refractivity contribution is 0.448. The highest BCUT2D eigenvalue weighted by Gasteiger charge is 2.18. The van der Waals surface area contributed by atoms with Crippen molar-refractivity contribution >= 4 is 11.2 Å².